The predicted octanol–water partition coefficient (Wildman–Crippen LogP) is 1.60. The molecule has 0 radical (unpaired) electrons. The number of amides is 1. The number of aromatic nitrogens is 2. The van der Waals surface area contributed by atoms with Gasteiger partial charge in [-0.25, -0.2) is 5.43 Å². The van der Waals surface area contributed by atoms with E-state index in [-0.39, 0.29) is 5.91 Å². The van der Waals surface area contributed by atoms with Crippen molar-refractivity contribution in [2.75, 3.05) is 6.54 Å². The summed E-state index contributed by atoms with van der Waals surface area (Å²) in [4.78, 5) is 19.9. The van der Waals surface area contributed by atoms with E-state index in [0.29, 0.717) is 13.0 Å². The van der Waals surface area contributed by atoms with E-state index in [4.69, 9.17) is 5.73 Å². The van der Waals surface area contributed by atoms with E-state index in [1.807, 2.05) is 18.2 Å². The average Bonchev–Trinajstić information content (AvgIpc) is 2.51. The Morgan fingerprint density at radius 3 is 2.81 bits per heavy atom. The summed E-state index contributed by atoms with van der Waals surface area (Å²) >= 11 is 0. The molecule has 3 N–H and O–H groups in total. The summed E-state index contributed by atoms with van der Waals surface area (Å²) in [5, 5.41) is 3.95. The molecule has 1 amide bonds. The van der Waals surface area contributed by atoms with Gasteiger partial charge in [-0.2, -0.15) is 5.10 Å². The third-order valence-electron chi connectivity index (χ3n) is 3.00. The van der Waals surface area contributed by atoms with Gasteiger partial charge in [0.25, 0.3) is 0 Å². The predicted molar refractivity (Wildman–Crippen MR) is 82.8 cm³/mol. The maximum absolute atomic E-state index is 11.5. The molecular weight excluding hydrogens is 266 g/mol. The molecule has 0 atom stereocenters. The van der Waals surface area contributed by atoms with Crippen LogP contribution in [0.5, 0.6) is 0 Å². The van der Waals surface area contributed by atoms with Gasteiger partial charge in [0.1, 0.15) is 0 Å². The zero-order chi connectivity index (χ0) is 14.9. The zero-order valence-electron chi connectivity index (χ0n) is 11.8. The Balaban J connectivity index is 1.83. The second-order valence-electron chi connectivity index (χ2n) is 4.70. The average molecular weight is 285 g/mol. The standard InChI is InChI=1S/C15H19N5O/c16-7-3-1-2-4-15(21)20-19-11-12-5-6-13-14(10-12)18-9-8-17-13/h5-6,8-11H,1-4,7,16H2,(H,20,21)/b19-11-. The van der Waals surface area contributed by atoms with Crippen LogP contribution in [-0.2, 0) is 4.79 Å². The highest BCUT2D eigenvalue weighted by Crippen LogP contribution is 2.09. The maximum atomic E-state index is 11.5. The van der Waals surface area contributed by atoms with Crippen molar-refractivity contribution in [2.24, 2.45) is 10.8 Å². The van der Waals surface area contributed by atoms with Gasteiger partial charge in [-0.1, -0.05) is 12.5 Å². The third kappa shape index (κ3) is 4.92. The van der Waals surface area contributed by atoms with E-state index in [1.165, 1.54) is 0 Å². The van der Waals surface area contributed by atoms with Crippen molar-refractivity contribution in [3.8, 4) is 0 Å². The highest BCUT2D eigenvalue weighted by molar-refractivity contribution is 5.87. The minimum Gasteiger partial charge on any atom is -0.330 e. The fraction of sp³-hybridized carbons (Fsp3) is 0.333. The number of benzene rings is 1. The van der Waals surface area contributed by atoms with Crippen LogP contribution in [0.1, 0.15) is 31.2 Å². The molecule has 6 nitrogen and oxygen atoms in total. The summed E-state index contributed by atoms with van der Waals surface area (Å²) in [7, 11) is 0. The first kappa shape index (κ1) is 15.1. The number of hydrazone groups is 1. The smallest absolute Gasteiger partial charge is 0.240 e. The van der Waals surface area contributed by atoms with Crippen LogP contribution in [0.2, 0.25) is 0 Å². The van der Waals surface area contributed by atoms with E-state index in [9.17, 15) is 4.79 Å². The van der Waals surface area contributed by atoms with Crippen LogP contribution in [0.15, 0.2) is 35.7 Å². The summed E-state index contributed by atoms with van der Waals surface area (Å²) in [5.74, 6) is -0.0798. The second kappa shape index (κ2) is 8.06. The lowest BCUT2D eigenvalue weighted by Gasteiger charge is -2.00. The van der Waals surface area contributed by atoms with Crippen molar-refractivity contribution >= 4 is 23.2 Å². The molecule has 0 bridgehead atoms. The van der Waals surface area contributed by atoms with Crippen molar-refractivity contribution < 1.29 is 4.79 Å². The normalized spacial score (nSPS) is 11.1. The van der Waals surface area contributed by atoms with Crippen molar-refractivity contribution in [1.82, 2.24) is 15.4 Å². The van der Waals surface area contributed by atoms with E-state index < -0.39 is 0 Å². The summed E-state index contributed by atoms with van der Waals surface area (Å²) in [5.41, 5.74) is 10.4. The monoisotopic (exact) mass is 285 g/mol. The molecule has 0 aliphatic rings. The number of carbonyl (C=O) groups excluding carboxylic acids is 1. The Labute approximate surface area is 123 Å². The maximum Gasteiger partial charge on any atom is 0.240 e. The Hall–Kier alpha value is -2.34. The van der Waals surface area contributed by atoms with Crippen molar-refractivity contribution in [3.05, 3.63) is 36.2 Å². The Morgan fingerprint density at radius 1 is 1.19 bits per heavy atom. The molecule has 110 valence electrons. The van der Waals surface area contributed by atoms with Gasteiger partial charge in [0.2, 0.25) is 5.91 Å². The molecule has 0 aliphatic carbocycles. The minimum atomic E-state index is -0.0798. The van der Waals surface area contributed by atoms with E-state index in [2.05, 4.69) is 20.5 Å². The van der Waals surface area contributed by atoms with E-state index in [0.717, 1.165) is 35.9 Å². The number of carbonyl (C=O) groups is 1. The Morgan fingerprint density at radius 2 is 2.00 bits per heavy atom. The number of fused-ring (bicyclic) bond motifs is 1. The molecule has 0 saturated carbocycles. The first-order valence-corrected chi connectivity index (χ1v) is 7.02. The number of nitrogens with two attached hydrogens (primary N) is 1. The van der Waals surface area contributed by atoms with Crippen LogP contribution in [0, 0.1) is 0 Å². The fourth-order valence-electron chi connectivity index (χ4n) is 1.90. The molecule has 1 aromatic heterocycles. The van der Waals surface area contributed by atoms with Crippen LogP contribution in [0.3, 0.4) is 0 Å². The third-order valence-corrected chi connectivity index (χ3v) is 3.00. The van der Waals surface area contributed by atoms with Gasteiger partial charge in [-0.3, -0.25) is 14.8 Å². The summed E-state index contributed by atoms with van der Waals surface area (Å²) in [6, 6.07) is 5.63. The minimum absolute atomic E-state index is 0.0798. The van der Waals surface area contributed by atoms with Crippen LogP contribution < -0.4 is 11.2 Å². The van der Waals surface area contributed by atoms with Gasteiger partial charge in [0.05, 0.1) is 17.2 Å². The molecule has 0 saturated heterocycles. The lowest BCUT2D eigenvalue weighted by molar-refractivity contribution is -0.121. The van der Waals surface area contributed by atoms with E-state index >= 15 is 0 Å². The highest BCUT2D eigenvalue weighted by atomic mass is 16.2. The molecule has 0 fully saturated rings. The molecule has 6 heteroatoms. The first-order valence-electron chi connectivity index (χ1n) is 7.02. The number of nitrogens with one attached hydrogen (secondary N) is 1. The van der Waals surface area contributed by atoms with Crippen LogP contribution in [0.25, 0.3) is 11.0 Å². The molecule has 21 heavy (non-hydrogen) atoms. The molecule has 0 unspecified atom stereocenters. The van der Waals surface area contributed by atoms with Gasteiger partial charge < -0.3 is 5.73 Å². The van der Waals surface area contributed by atoms with Crippen LogP contribution in [0.4, 0.5) is 0 Å². The van der Waals surface area contributed by atoms with Crippen molar-refractivity contribution in [3.63, 3.8) is 0 Å². The number of nitrogens with zero attached hydrogens (tertiary/aromatic N) is 3. The largest absolute Gasteiger partial charge is 0.330 e. The Kier molecular flexibility index (Phi) is 5.78. The van der Waals surface area contributed by atoms with Crippen LogP contribution >= 0.6 is 0 Å². The molecule has 1 heterocycles. The van der Waals surface area contributed by atoms with Crippen molar-refractivity contribution in [2.45, 2.75) is 25.7 Å². The number of unbranched alkanes of at least 4 members (excludes halogenated alkanes) is 2. The quantitative estimate of drug-likeness (QED) is 0.459. The SMILES string of the molecule is NCCCCCC(=O)N/N=C\c1ccc2nccnc2c1. The first-order chi connectivity index (χ1) is 10.3. The molecule has 0 aliphatic heterocycles. The lowest BCUT2D eigenvalue weighted by Crippen LogP contribution is -2.17. The molecule has 0 spiro atoms. The summed E-state index contributed by atoms with van der Waals surface area (Å²) in [6.07, 6.45) is 8.13. The number of hydrogen-bond donors (Lipinski definition) is 2. The summed E-state index contributed by atoms with van der Waals surface area (Å²) in [6.45, 7) is 0.671. The molecular formula is C15H19N5O. The van der Waals surface area contributed by atoms with E-state index in [1.54, 1.807) is 18.6 Å². The topological polar surface area (TPSA) is 93.3 Å². The van der Waals surface area contributed by atoms with Crippen molar-refractivity contribution in [1.29, 1.82) is 0 Å². The van der Waals surface area contributed by atoms with Gasteiger partial charge in [0, 0.05) is 18.8 Å². The fourth-order valence-corrected chi connectivity index (χ4v) is 1.90. The lowest BCUT2D eigenvalue weighted by atomic mass is 10.2. The highest BCUT2D eigenvalue weighted by Gasteiger charge is 1.99. The van der Waals surface area contributed by atoms with Gasteiger partial charge in [-0.15, -0.1) is 0 Å². The zero-order valence-corrected chi connectivity index (χ0v) is 11.8. The van der Waals surface area contributed by atoms with Gasteiger partial charge >= 0.3 is 0 Å². The molecule has 2 aromatic rings. The van der Waals surface area contributed by atoms with Gasteiger partial charge in [0.15, 0.2) is 0 Å². The van der Waals surface area contributed by atoms with Gasteiger partial charge in [-0.05, 0) is 37.1 Å². The Bertz CT molecular complexity index is 626. The van der Waals surface area contributed by atoms with Crippen LogP contribution in [-0.4, -0.2) is 28.6 Å². The molecule has 2 rings (SSSR count). The second-order valence-corrected chi connectivity index (χ2v) is 4.70. The summed E-state index contributed by atoms with van der Waals surface area (Å²) < 4.78 is 0. The number of hydrogen-bond acceptors (Lipinski definition) is 5. The number of rotatable bonds is 7. The molecule has 1 aromatic carbocycles.